The number of piperidine rings is 1. The first-order chi connectivity index (χ1) is 16.4. The van der Waals surface area contributed by atoms with Crippen molar-refractivity contribution in [1.82, 2.24) is 25.6 Å². The van der Waals surface area contributed by atoms with E-state index >= 15 is 0 Å². The summed E-state index contributed by atoms with van der Waals surface area (Å²) in [6.07, 6.45) is 1.83. The van der Waals surface area contributed by atoms with Crippen LogP contribution in [0.4, 0.5) is 23.9 Å². The molecule has 0 aromatic carbocycles. The zero-order chi connectivity index (χ0) is 25.8. The van der Waals surface area contributed by atoms with E-state index in [4.69, 9.17) is 4.74 Å². The molecular formula is C24H31F3N6O2. The van der Waals surface area contributed by atoms with Crippen molar-refractivity contribution in [2.45, 2.75) is 58.3 Å². The van der Waals surface area contributed by atoms with Crippen LogP contribution in [0.3, 0.4) is 0 Å². The van der Waals surface area contributed by atoms with Crippen LogP contribution in [0.15, 0.2) is 24.2 Å². The lowest BCUT2D eigenvalue weighted by atomic mass is 9.91. The Balaban J connectivity index is 1.98. The minimum Gasteiger partial charge on any atom is -0.450 e. The van der Waals surface area contributed by atoms with Gasteiger partial charge in [-0.1, -0.05) is 12.7 Å². The minimum absolute atomic E-state index is 0.00666. The summed E-state index contributed by atoms with van der Waals surface area (Å²) in [6, 6.07) is -0.00666. The second-order valence-corrected chi connectivity index (χ2v) is 9.05. The molecule has 1 aliphatic heterocycles. The second-order valence-electron chi connectivity index (χ2n) is 9.05. The van der Waals surface area contributed by atoms with Crippen LogP contribution in [0, 0.1) is 0 Å². The van der Waals surface area contributed by atoms with Gasteiger partial charge in [0.05, 0.1) is 12.3 Å². The van der Waals surface area contributed by atoms with Crippen molar-refractivity contribution < 1.29 is 22.7 Å². The number of alkyl halides is 3. The number of carbonyl (C=O) groups excluding carboxylic acids is 1. The van der Waals surface area contributed by atoms with E-state index in [9.17, 15) is 18.0 Å². The number of amides is 1. The molecule has 2 aromatic rings. The Hall–Kier alpha value is -3.34. The van der Waals surface area contributed by atoms with Gasteiger partial charge in [0.25, 0.3) is 0 Å². The summed E-state index contributed by atoms with van der Waals surface area (Å²) in [5, 5.41) is 9.91. The third-order valence-corrected chi connectivity index (χ3v) is 5.71. The van der Waals surface area contributed by atoms with E-state index in [2.05, 4.69) is 51.3 Å². The predicted molar refractivity (Wildman–Crippen MR) is 129 cm³/mol. The van der Waals surface area contributed by atoms with Gasteiger partial charge in [-0.3, -0.25) is 5.32 Å². The molecule has 0 bridgehead atoms. The van der Waals surface area contributed by atoms with Gasteiger partial charge < -0.3 is 20.4 Å². The standard InChI is InChI=1S/C24H31F3N6O2/c1-6-35-22(34)31-14(2)7-8-17-15(3)28-12-18(17)20-19(24(25,26)27)13-29-21(33-20)32-16-9-10-23(4,5)30-11-16/h7-8,12-13,16,28,30H,3,6,9-11H2,1-2,4-5H3,(H,31,34)(H,29,32,33)/b14-7+,17-8+. The number of aromatic amines is 1. The van der Waals surface area contributed by atoms with Gasteiger partial charge >= 0.3 is 12.3 Å². The number of carbonyl (C=O) groups is 1. The number of halogens is 3. The SMILES string of the molecule is C=c1[nH]cc(-c2nc(NC3CCC(C)(C)NC3)ncc2C(F)(F)F)/c1=C/C=C(\C)NC(=O)OCC. The molecule has 11 heteroatoms. The molecule has 1 fully saturated rings. The number of nitrogens with zero attached hydrogens (tertiary/aromatic N) is 2. The molecule has 1 amide bonds. The third kappa shape index (κ3) is 6.84. The van der Waals surface area contributed by atoms with Crippen molar-refractivity contribution in [2.24, 2.45) is 0 Å². The lowest BCUT2D eigenvalue weighted by Crippen LogP contribution is -2.50. The van der Waals surface area contributed by atoms with E-state index in [0.717, 1.165) is 19.0 Å². The van der Waals surface area contributed by atoms with E-state index in [1.165, 1.54) is 6.20 Å². The quantitative estimate of drug-likeness (QED) is 0.494. The summed E-state index contributed by atoms with van der Waals surface area (Å²) >= 11 is 0. The molecule has 3 rings (SSSR count). The molecule has 1 saturated heterocycles. The van der Waals surface area contributed by atoms with Gasteiger partial charge in [0.2, 0.25) is 5.95 Å². The molecule has 0 radical (unpaired) electrons. The Morgan fingerprint density at radius 1 is 1.40 bits per heavy atom. The first-order valence-electron chi connectivity index (χ1n) is 11.3. The van der Waals surface area contributed by atoms with Gasteiger partial charge in [-0.25, -0.2) is 14.8 Å². The van der Waals surface area contributed by atoms with Crippen molar-refractivity contribution >= 4 is 24.7 Å². The van der Waals surface area contributed by atoms with Crippen LogP contribution < -0.4 is 26.5 Å². The van der Waals surface area contributed by atoms with Crippen molar-refractivity contribution in [2.75, 3.05) is 18.5 Å². The fourth-order valence-corrected chi connectivity index (χ4v) is 3.74. The highest BCUT2D eigenvalue weighted by atomic mass is 19.4. The van der Waals surface area contributed by atoms with Gasteiger partial charge in [0.15, 0.2) is 0 Å². The van der Waals surface area contributed by atoms with E-state index in [0.29, 0.717) is 22.8 Å². The number of hydrogen-bond donors (Lipinski definition) is 4. The normalized spacial score (nSPS) is 18.9. The van der Waals surface area contributed by atoms with Crippen LogP contribution in [0.5, 0.6) is 0 Å². The predicted octanol–water partition coefficient (Wildman–Crippen LogP) is 3.27. The number of ether oxygens (including phenoxy) is 1. The van der Waals surface area contributed by atoms with E-state index in [-0.39, 0.29) is 35.4 Å². The lowest BCUT2D eigenvalue weighted by molar-refractivity contribution is -0.137. The van der Waals surface area contributed by atoms with Crippen molar-refractivity contribution in [3.63, 3.8) is 0 Å². The average Bonchev–Trinajstić information content (AvgIpc) is 3.13. The van der Waals surface area contributed by atoms with Crippen LogP contribution in [0.2, 0.25) is 0 Å². The largest absolute Gasteiger partial charge is 0.450 e. The third-order valence-electron chi connectivity index (χ3n) is 5.71. The summed E-state index contributed by atoms with van der Waals surface area (Å²) in [5.74, 6) is 0.118. The van der Waals surface area contributed by atoms with Gasteiger partial charge in [0, 0.05) is 52.3 Å². The van der Waals surface area contributed by atoms with Crippen LogP contribution in [0.25, 0.3) is 23.9 Å². The number of rotatable bonds is 6. The zero-order valence-electron chi connectivity index (χ0n) is 20.3. The van der Waals surface area contributed by atoms with E-state index in [1.807, 2.05) is 0 Å². The number of nitrogens with one attached hydrogen (secondary N) is 4. The molecule has 1 unspecified atom stereocenters. The number of aromatic nitrogens is 3. The first kappa shape index (κ1) is 26.3. The van der Waals surface area contributed by atoms with Gasteiger partial charge in [-0.05, 0) is 46.6 Å². The second kappa shape index (κ2) is 10.5. The molecular weight excluding hydrogens is 461 g/mol. The maximum atomic E-state index is 13.9. The number of alkyl carbamates (subject to hydrolysis) is 1. The topological polar surface area (TPSA) is 104 Å². The van der Waals surface area contributed by atoms with Gasteiger partial charge in [-0.2, -0.15) is 13.2 Å². The van der Waals surface area contributed by atoms with Crippen molar-refractivity contribution in [1.29, 1.82) is 0 Å². The highest BCUT2D eigenvalue weighted by Crippen LogP contribution is 2.35. The maximum Gasteiger partial charge on any atom is 0.419 e. The highest BCUT2D eigenvalue weighted by Gasteiger charge is 2.36. The summed E-state index contributed by atoms with van der Waals surface area (Å²) in [4.78, 5) is 22.7. The molecule has 0 saturated carbocycles. The molecule has 1 atom stereocenters. The number of anilines is 1. The molecule has 1 aliphatic rings. The molecule has 3 heterocycles. The van der Waals surface area contributed by atoms with E-state index in [1.54, 1.807) is 26.0 Å². The lowest BCUT2D eigenvalue weighted by Gasteiger charge is -2.36. The smallest absolute Gasteiger partial charge is 0.419 e. The number of allylic oxidation sites excluding steroid dienone is 2. The summed E-state index contributed by atoms with van der Waals surface area (Å²) in [7, 11) is 0. The van der Waals surface area contributed by atoms with Crippen LogP contribution >= 0.6 is 0 Å². The number of H-pyrrole nitrogens is 1. The molecule has 8 nitrogen and oxygen atoms in total. The van der Waals surface area contributed by atoms with Crippen molar-refractivity contribution in [3.05, 3.63) is 40.3 Å². The Bertz CT molecular complexity index is 1190. The Morgan fingerprint density at radius 2 is 2.14 bits per heavy atom. The molecule has 0 spiro atoms. The monoisotopic (exact) mass is 492 g/mol. The Labute approximate surface area is 201 Å². The molecule has 0 aliphatic carbocycles. The van der Waals surface area contributed by atoms with Crippen molar-refractivity contribution in [3.8, 4) is 11.3 Å². The number of hydrogen-bond acceptors (Lipinski definition) is 6. The molecule has 2 aromatic heterocycles. The summed E-state index contributed by atoms with van der Waals surface area (Å²) < 4.78 is 46.4. The highest BCUT2D eigenvalue weighted by molar-refractivity contribution is 5.70. The minimum atomic E-state index is -4.66. The fourth-order valence-electron chi connectivity index (χ4n) is 3.74. The van der Waals surface area contributed by atoms with Gasteiger partial charge in [0.1, 0.15) is 5.56 Å². The average molecular weight is 493 g/mol. The van der Waals surface area contributed by atoms with Crippen LogP contribution in [-0.2, 0) is 10.9 Å². The van der Waals surface area contributed by atoms with Crippen LogP contribution in [-0.4, -0.2) is 45.8 Å². The molecule has 35 heavy (non-hydrogen) atoms. The Kier molecular flexibility index (Phi) is 7.89. The summed E-state index contributed by atoms with van der Waals surface area (Å²) in [5.41, 5.74) is -0.538. The maximum absolute atomic E-state index is 13.9. The molecule has 4 N–H and O–H groups in total. The Morgan fingerprint density at radius 3 is 2.77 bits per heavy atom. The van der Waals surface area contributed by atoms with E-state index < -0.39 is 17.8 Å². The summed E-state index contributed by atoms with van der Waals surface area (Å²) in [6.45, 7) is 12.3. The first-order valence-corrected chi connectivity index (χ1v) is 11.3. The molecule has 190 valence electrons. The zero-order valence-corrected chi connectivity index (χ0v) is 20.3. The van der Waals surface area contributed by atoms with Gasteiger partial charge in [-0.15, -0.1) is 0 Å². The van der Waals surface area contributed by atoms with Crippen LogP contribution in [0.1, 0.15) is 46.1 Å². The fraction of sp³-hybridized carbons (Fsp3) is 0.458.